The van der Waals surface area contributed by atoms with Crippen molar-refractivity contribution < 1.29 is 14.7 Å². The van der Waals surface area contributed by atoms with Crippen molar-refractivity contribution in [1.29, 1.82) is 0 Å². The van der Waals surface area contributed by atoms with E-state index in [4.69, 9.17) is 4.65 Å². The first-order valence-electron chi connectivity index (χ1n) is 11.5. The molecule has 3 fully saturated rings. The maximum absolute atomic E-state index is 12.4. The monoisotopic (exact) mass is 367 g/mol. The molecule has 0 aromatic heterocycles. The Balaban J connectivity index is 1.64. The predicted octanol–water partition coefficient (Wildman–Crippen LogP) is 3.58. The van der Waals surface area contributed by atoms with Crippen molar-refractivity contribution in [2.24, 2.45) is 11.8 Å². The van der Waals surface area contributed by atoms with Crippen molar-refractivity contribution in [3.63, 3.8) is 0 Å². The molecule has 4 aliphatic rings. The molecule has 5 rings (SSSR count). The molecule has 3 aliphatic carbocycles. The zero-order chi connectivity index (χ0) is 18.3. The molecule has 4 heteroatoms. The van der Waals surface area contributed by atoms with Gasteiger partial charge in [0.05, 0.1) is 5.56 Å². The number of nitrogens with one attached hydrogen (secondary N) is 1. The van der Waals surface area contributed by atoms with Crippen LogP contribution < -0.4 is 4.99 Å². The number of hydrogen-bond donors (Lipinski definition) is 2. The standard InChI is InChI=1S/C23H33BNO2/c26-24(21-16-8-9-17-21)23(19-12-4-5-13-19,20-14-6-7-15-20)25-22(27-24)18-10-2-1-3-11-18/h1-3,10-11,19-21,26H,4-9,12-17H2/q-1/p+1. The van der Waals surface area contributed by atoms with Gasteiger partial charge in [0.15, 0.2) is 0 Å². The van der Waals surface area contributed by atoms with Gasteiger partial charge in [0.1, 0.15) is 5.44 Å². The summed E-state index contributed by atoms with van der Waals surface area (Å²) in [4.78, 5) is 3.94. The molecule has 1 unspecified atom stereocenters. The maximum Gasteiger partial charge on any atom is 0.368 e. The Kier molecular flexibility index (Phi) is 4.58. The summed E-state index contributed by atoms with van der Waals surface area (Å²) < 4.78 is 6.68. The first-order valence-corrected chi connectivity index (χ1v) is 11.5. The van der Waals surface area contributed by atoms with Crippen molar-refractivity contribution in [3.05, 3.63) is 35.9 Å². The summed E-state index contributed by atoms with van der Waals surface area (Å²) in [5, 5.41) is 12.4. The van der Waals surface area contributed by atoms with Crippen LogP contribution in [0.4, 0.5) is 0 Å². The van der Waals surface area contributed by atoms with E-state index in [1.165, 1.54) is 64.2 Å². The lowest BCUT2D eigenvalue weighted by molar-refractivity contribution is -0.549. The maximum atomic E-state index is 12.4. The lowest BCUT2D eigenvalue weighted by Gasteiger charge is -2.50. The minimum Gasteiger partial charge on any atom is -0.639 e. The van der Waals surface area contributed by atoms with Crippen LogP contribution in [0.2, 0.25) is 5.82 Å². The highest BCUT2D eigenvalue weighted by atomic mass is 16.6. The molecule has 27 heavy (non-hydrogen) atoms. The Hall–Kier alpha value is -1.29. The van der Waals surface area contributed by atoms with E-state index >= 15 is 0 Å². The molecule has 1 aromatic carbocycles. The van der Waals surface area contributed by atoms with Crippen molar-refractivity contribution in [2.75, 3.05) is 0 Å². The van der Waals surface area contributed by atoms with E-state index in [1.807, 2.05) is 0 Å². The molecule has 1 heterocycles. The quantitative estimate of drug-likeness (QED) is 0.799. The number of benzene rings is 1. The summed E-state index contributed by atoms with van der Waals surface area (Å²) in [6, 6.07) is 10.4. The topological polar surface area (TPSA) is 43.4 Å². The molecule has 146 valence electrons. The smallest absolute Gasteiger partial charge is 0.368 e. The van der Waals surface area contributed by atoms with Crippen LogP contribution in [0.5, 0.6) is 0 Å². The Bertz CT molecular complexity index is 672. The molecular weight excluding hydrogens is 333 g/mol. The second-order valence-electron chi connectivity index (χ2n) is 9.68. The first kappa shape index (κ1) is 17.8. The third kappa shape index (κ3) is 2.70. The van der Waals surface area contributed by atoms with E-state index in [1.54, 1.807) is 0 Å². The van der Waals surface area contributed by atoms with Crippen LogP contribution in [0.3, 0.4) is 0 Å². The van der Waals surface area contributed by atoms with Crippen LogP contribution in [-0.4, -0.2) is 22.9 Å². The average Bonchev–Trinajstić information content (AvgIpc) is 3.49. The summed E-state index contributed by atoms with van der Waals surface area (Å²) in [6.07, 6.45) is 14.9. The van der Waals surface area contributed by atoms with E-state index in [0.29, 0.717) is 17.7 Å². The summed E-state index contributed by atoms with van der Waals surface area (Å²) >= 11 is 0. The van der Waals surface area contributed by atoms with Gasteiger partial charge in [-0.3, -0.25) is 0 Å². The molecule has 1 atom stereocenters. The minimum absolute atomic E-state index is 0.243. The molecule has 3 nitrogen and oxygen atoms in total. The zero-order valence-electron chi connectivity index (χ0n) is 16.5. The highest BCUT2D eigenvalue weighted by molar-refractivity contribution is 6.73. The van der Waals surface area contributed by atoms with Gasteiger partial charge in [0, 0.05) is 0 Å². The Labute approximate surface area is 163 Å². The van der Waals surface area contributed by atoms with Crippen LogP contribution in [0, 0.1) is 11.8 Å². The Morgan fingerprint density at radius 2 is 1.33 bits per heavy atom. The van der Waals surface area contributed by atoms with Gasteiger partial charge in [-0.1, -0.05) is 75.4 Å². The van der Waals surface area contributed by atoms with Gasteiger partial charge >= 0.3 is 12.4 Å². The van der Waals surface area contributed by atoms with Crippen LogP contribution in [-0.2, 0) is 4.65 Å². The van der Waals surface area contributed by atoms with E-state index in [-0.39, 0.29) is 5.44 Å². The second kappa shape index (κ2) is 6.95. The van der Waals surface area contributed by atoms with E-state index in [2.05, 4.69) is 35.3 Å². The average molecular weight is 367 g/mol. The molecule has 0 spiro atoms. The lowest BCUT2D eigenvalue weighted by atomic mass is 9.30. The van der Waals surface area contributed by atoms with Crippen molar-refractivity contribution >= 4 is 12.4 Å². The fourth-order valence-electron chi connectivity index (χ4n) is 7.25. The lowest BCUT2D eigenvalue weighted by Crippen LogP contribution is -2.95. The van der Waals surface area contributed by atoms with Crippen molar-refractivity contribution in [2.45, 2.75) is 88.3 Å². The highest BCUT2D eigenvalue weighted by Gasteiger charge is 2.68. The van der Waals surface area contributed by atoms with Gasteiger partial charge < -0.3 is 9.68 Å². The van der Waals surface area contributed by atoms with Gasteiger partial charge in [-0.05, 0) is 49.7 Å². The molecule has 3 saturated carbocycles. The minimum atomic E-state index is -1.91. The normalized spacial score (nSPS) is 32.1. The fourth-order valence-corrected chi connectivity index (χ4v) is 7.25. The van der Waals surface area contributed by atoms with Crippen LogP contribution >= 0.6 is 0 Å². The Morgan fingerprint density at radius 1 is 0.815 bits per heavy atom. The van der Waals surface area contributed by atoms with Crippen molar-refractivity contribution in [1.82, 2.24) is 0 Å². The molecule has 0 saturated heterocycles. The van der Waals surface area contributed by atoms with E-state index < -0.39 is 6.55 Å². The van der Waals surface area contributed by atoms with Crippen molar-refractivity contribution in [3.8, 4) is 0 Å². The van der Waals surface area contributed by atoms with E-state index in [9.17, 15) is 5.02 Å². The van der Waals surface area contributed by atoms with Gasteiger partial charge in [-0.2, -0.15) is 0 Å². The highest BCUT2D eigenvalue weighted by Crippen LogP contribution is 2.53. The molecule has 0 bridgehead atoms. The summed E-state index contributed by atoms with van der Waals surface area (Å²) in [6.45, 7) is -1.91. The second-order valence-corrected chi connectivity index (χ2v) is 9.68. The largest absolute Gasteiger partial charge is 0.639 e. The van der Waals surface area contributed by atoms with Gasteiger partial charge in [-0.25, -0.2) is 4.99 Å². The zero-order valence-corrected chi connectivity index (χ0v) is 16.5. The molecular formula is C23H34BNO2. The summed E-state index contributed by atoms with van der Waals surface area (Å²) in [5.74, 6) is 2.27. The molecule has 1 aromatic rings. The SMILES string of the molecule is O[B-]1(C2CCCC2)OC(c2ccccc2)=[NH+]C1(C1CCCC1)C1CCCC1. The number of hydrogen-bond acceptors (Lipinski definition) is 2. The molecule has 1 aliphatic heterocycles. The molecule has 0 radical (unpaired) electrons. The van der Waals surface area contributed by atoms with Gasteiger partial charge in [-0.15, -0.1) is 0 Å². The van der Waals surface area contributed by atoms with E-state index in [0.717, 1.165) is 24.3 Å². The summed E-state index contributed by atoms with van der Waals surface area (Å²) in [7, 11) is 0. The number of rotatable bonds is 4. The van der Waals surface area contributed by atoms with Gasteiger partial charge in [0.25, 0.3) is 0 Å². The Morgan fingerprint density at radius 3 is 1.89 bits per heavy atom. The predicted molar refractivity (Wildman–Crippen MR) is 109 cm³/mol. The molecule has 0 amide bonds. The molecule has 2 N–H and O–H groups in total. The summed E-state index contributed by atoms with van der Waals surface area (Å²) in [5.41, 5.74) is 0.848. The van der Waals surface area contributed by atoms with Crippen LogP contribution in [0.1, 0.15) is 82.6 Å². The third-order valence-corrected chi connectivity index (χ3v) is 8.45. The fraction of sp³-hybridized carbons (Fsp3) is 0.696. The third-order valence-electron chi connectivity index (χ3n) is 8.45. The van der Waals surface area contributed by atoms with Gasteiger partial charge in [0.2, 0.25) is 0 Å². The van der Waals surface area contributed by atoms with Crippen LogP contribution in [0.15, 0.2) is 30.3 Å². The first-order chi connectivity index (χ1) is 13.2. The van der Waals surface area contributed by atoms with Crippen LogP contribution in [0.25, 0.3) is 0 Å².